The number of aromatic nitrogens is 2. The third kappa shape index (κ3) is 4.98. The van der Waals surface area contributed by atoms with Crippen LogP contribution in [0.3, 0.4) is 0 Å². The van der Waals surface area contributed by atoms with Crippen LogP contribution in [0.5, 0.6) is 0 Å². The van der Waals surface area contributed by atoms with Gasteiger partial charge in [-0.15, -0.1) is 4.72 Å². The van der Waals surface area contributed by atoms with Crippen LogP contribution in [0.4, 0.5) is 0 Å². The van der Waals surface area contributed by atoms with Crippen molar-refractivity contribution in [1.82, 2.24) is 14.3 Å². The molecule has 140 valence electrons. The molecule has 1 unspecified atom stereocenters. The molecule has 0 aliphatic rings. The Labute approximate surface area is 162 Å². The number of nitrogens with zero attached hydrogens (tertiary/aromatic N) is 2. The predicted molar refractivity (Wildman–Crippen MR) is 108 cm³/mol. The zero-order valence-electron chi connectivity index (χ0n) is 16.0. The van der Waals surface area contributed by atoms with Gasteiger partial charge in [-0.1, -0.05) is 0 Å². The Balaban J connectivity index is 2.43. The van der Waals surface area contributed by atoms with E-state index >= 15 is 0 Å². The summed E-state index contributed by atoms with van der Waals surface area (Å²) < 4.78 is 23.9. The van der Waals surface area contributed by atoms with Gasteiger partial charge in [-0.05, 0) is 69.6 Å². The Bertz CT molecular complexity index is 740. The number of pyridine rings is 1. The number of methoxy groups -OCH3 is 1. The molecule has 0 saturated heterocycles. The molecule has 1 N–H and O–H groups in total. The molecule has 2 aromatic heterocycles. The van der Waals surface area contributed by atoms with Crippen molar-refractivity contribution in [2.24, 2.45) is 0 Å². The summed E-state index contributed by atoms with van der Waals surface area (Å²) in [4.78, 5) is 4.65. The van der Waals surface area contributed by atoms with Crippen molar-refractivity contribution in [3.05, 3.63) is 28.5 Å². The summed E-state index contributed by atoms with van der Waals surface area (Å²) in [6, 6.07) is 3.93. The predicted octanol–water partition coefficient (Wildman–Crippen LogP) is 4.34. The maximum atomic E-state index is 12.5. The van der Waals surface area contributed by atoms with Crippen LogP contribution in [0.1, 0.15) is 53.1 Å². The molecular weight excluding hydrogens is 402 g/mol. The van der Waals surface area contributed by atoms with Gasteiger partial charge in [0.15, 0.2) is 0 Å². The molecule has 0 amide bonds. The van der Waals surface area contributed by atoms with E-state index in [1.807, 2.05) is 47.6 Å². The number of nitrogens with one attached hydrogen (secondary N) is 1. The summed E-state index contributed by atoms with van der Waals surface area (Å²) in [7, 11) is 1.71. The molecule has 0 aliphatic heterocycles. The van der Waals surface area contributed by atoms with E-state index < -0.39 is 11.4 Å². The van der Waals surface area contributed by atoms with Gasteiger partial charge in [0.25, 0.3) is 0 Å². The van der Waals surface area contributed by atoms with Crippen LogP contribution in [0, 0.1) is 0 Å². The first-order valence-electron chi connectivity index (χ1n) is 8.33. The molecule has 2 atom stereocenters. The van der Waals surface area contributed by atoms with Crippen molar-refractivity contribution in [1.29, 1.82) is 0 Å². The van der Waals surface area contributed by atoms with Crippen molar-refractivity contribution in [3.63, 3.8) is 0 Å². The average molecular weight is 430 g/mol. The number of rotatable bonds is 6. The van der Waals surface area contributed by atoms with Gasteiger partial charge in [-0.3, -0.25) is 0 Å². The molecule has 2 heterocycles. The van der Waals surface area contributed by atoms with Crippen molar-refractivity contribution >= 4 is 38.3 Å². The number of hydrogen-bond acceptors (Lipinski definition) is 4. The summed E-state index contributed by atoms with van der Waals surface area (Å²) in [6.07, 6.45) is 2.09. The first-order chi connectivity index (χ1) is 11.4. The Morgan fingerprint density at radius 2 is 1.96 bits per heavy atom. The molecular formula is C18H28BrN3O2S. The quantitative estimate of drug-likeness (QED) is 0.547. The normalized spacial score (nSPS) is 15.6. The second kappa shape index (κ2) is 7.56. The van der Waals surface area contributed by atoms with Crippen LogP contribution in [0.25, 0.3) is 11.0 Å². The van der Waals surface area contributed by atoms with E-state index in [2.05, 4.69) is 42.5 Å². The van der Waals surface area contributed by atoms with Gasteiger partial charge in [0.1, 0.15) is 15.0 Å². The average Bonchev–Trinajstić information content (AvgIpc) is 2.83. The molecule has 0 radical (unpaired) electrons. The fourth-order valence-corrected chi connectivity index (χ4v) is 3.61. The highest BCUT2D eigenvalue weighted by Crippen LogP contribution is 2.30. The van der Waals surface area contributed by atoms with E-state index in [0.717, 1.165) is 21.2 Å². The minimum Gasteiger partial charge on any atom is -0.598 e. The Morgan fingerprint density at radius 1 is 1.32 bits per heavy atom. The first-order valence-corrected chi connectivity index (χ1v) is 10.3. The Hall–Kier alpha value is -0.600. The SMILES string of the molecule is COC(C)(C)Cn1cc([C@@H](C)N[S+]([O-])C(C)(C)C)c2ccc(Br)nc21. The maximum Gasteiger partial charge on any atom is 0.141 e. The van der Waals surface area contributed by atoms with E-state index in [-0.39, 0.29) is 16.4 Å². The molecule has 0 fully saturated rings. The lowest BCUT2D eigenvalue weighted by Crippen LogP contribution is -2.40. The highest BCUT2D eigenvalue weighted by atomic mass is 79.9. The molecule has 2 rings (SSSR count). The monoisotopic (exact) mass is 429 g/mol. The fraction of sp³-hybridized carbons (Fsp3) is 0.611. The van der Waals surface area contributed by atoms with Gasteiger partial charge in [-0.25, -0.2) is 4.98 Å². The fourth-order valence-electron chi connectivity index (χ4n) is 2.51. The lowest BCUT2D eigenvalue weighted by Gasteiger charge is -2.26. The molecule has 2 aromatic rings. The molecule has 0 aromatic carbocycles. The van der Waals surface area contributed by atoms with Crippen molar-refractivity contribution in [3.8, 4) is 0 Å². The van der Waals surface area contributed by atoms with Crippen LogP contribution in [0.2, 0.25) is 0 Å². The number of halogens is 1. The van der Waals surface area contributed by atoms with E-state index in [9.17, 15) is 4.55 Å². The number of ether oxygens (including phenoxy) is 1. The zero-order valence-corrected chi connectivity index (χ0v) is 18.4. The van der Waals surface area contributed by atoms with E-state index in [1.54, 1.807) is 7.11 Å². The van der Waals surface area contributed by atoms with Crippen LogP contribution in [0.15, 0.2) is 22.9 Å². The summed E-state index contributed by atoms with van der Waals surface area (Å²) in [6.45, 7) is 12.7. The summed E-state index contributed by atoms with van der Waals surface area (Å²) in [5.74, 6) is 0. The third-order valence-electron chi connectivity index (χ3n) is 4.13. The van der Waals surface area contributed by atoms with Gasteiger partial charge in [0, 0.05) is 35.6 Å². The maximum absolute atomic E-state index is 12.5. The third-order valence-corrected chi connectivity index (χ3v) is 6.25. The largest absolute Gasteiger partial charge is 0.598 e. The van der Waals surface area contributed by atoms with E-state index in [4.69, 9.17) is 4.74 Å². The smallest absolute Gasteiger partial charge is 0.141 e. The van der Waals surface area contributed by atoms with Gasteiger partial charge in [0.05, 0.1) is 18.2 Å². The molecule has 0 saturated carbocycles. The van der Waals surface area contributed by atoms with Gasteiger partial charge < -0.3 is 13.9 Å². The van der Waals surface area contributed by atoms with Crippen molar-refractivity contribution in [2.75, 3.05) is 7.11 Å². The van der Waals surface area contributed by atoms with Gasteiger partial charge >= 0.3 is 0 Å². The topological polar surface area (TPSA) is 62.1 Å². The lowest BCUT2D eigenvalue weighted by molar-refractivity contribution is 0.00898. The Kier molecular flexibility index (Phi) is 6.27. The van der Waals surface area contributed by atoms with Crippen LogP contribution in [-0.2, 0) is 22.6 Å². The molecule has 0 aliphatic carbocycles. The van der Waals surface area contributed by atoms with Crippen molar-refractivity contribution in [2.45, 2.75) is 64.5 Å². The standard InChI is InChI=1S/C18H28BrN3O2S/c1-12(21-25(23)17(2,3)4)14-10-22(11-18(5,6)24-7)16-13(14)8-9-15(19)20-16/h8-10,12,21H,11H2,1-7H3/t12-,25?/m1/s1. The first kappa shape index (κ1) is 20.7. The molecule has 25 heavy (non-hydrogen) atoms. The second-order valence-corrected chi connectivity index (χ2v) is 10.7. The number of fused-ring (bicyclic) bond motifs is 1. The zero-order chi connectivity index (χ0) is 19.0. The Morgan fingerprint density at radius 3 is 2.52 bits per heavy atom. The highest BCUT2D eigenvalue weighted by molar-refractivity contribution is 9.10. The van der Waals surface area contributed by atoms with E-state index in [1.165, 1.54) is 0 Å². The number of hydrogen-bond donors (Lipinski definition) is 1. The molecule has 7 heteroatoms. The summed E-state index contributed by atoms with van der Waals surface area (Å²) >= 11 is 2.32. The highest BCUT2D eigenvalue weighted by Gasteiger charge is 2.30. The van der Waals surface area contributed by atoms with Crippen molar-refractivity contribution < 1.29 is 9.29 Å². The minimum atomic E-state index is -1.14. The summed E-state index contributed by atoms with van der Waals surface area (Å²) in [5.41, 5.74) is 1.67. The molecule has 0 bridgehead atoms. The van der Waals surface area contributed by atoms with E-state index in [0.29, 0.717) is 6.54 Å². The second-order valence-electron chi connectivity index (χ2n) is 7.90. The summed E-state index contributed by atoms with van der Waals surface area (Å²) in [5, 5.41) is 1.06. The van der Waals surface area contributed by atoms with Gasteiger partial charge in [0.2, 0.25) is 0 Å². The molecule has 5 nitrogen and oxygen atoms in total. The minimum absolute atomic E-state index is 0.0579. The molecule has 0 spiro atoms. The van der Waals surface area contributed by atoms with Crippen LogP contribution in [-0.4, -0.2) is 31.6 Å². The van der Waals surface area contributed by atoms with Crippen LogP contribution < -0.4 is 4.72 Å². The lowest BCUT2D eigenvalue weighted by atomic mass is 10.1. The van der Waals surface area contributed by atoms with Crippen LogP contribution >= 0.6 is 15.9 Å². The van der Waals surface area contributed by atoms with Gasteiger partial charge in [-0.2, -0.15) is 0 Å².